The number of allylic oxidation sites excluding steroid dienone is 1. The van der Waals surface area contributed by atoms with Crippen LogP contribution in [0.15, 0.2) is 77.2 Å². The molecule has 6 nitrogen and oxygen atoms in total. The summed E-state index contributed by atoms with van der Waals surface area (Å²) in [4.78, 5) is 8.56. The van der Waals surface area contributed by atoms with E-state index in [-0.39, 0.29) is 11.6 Å². The number of nitrogens with two attached hydrogens (primary N) is 1. The summed E-state index contributed by atoms with van der Waals surface area (Å²) >= 11 is 0. The number of benzene rings is 2. The lowest BCUT2D eigenvalue weighted by Crippen LogP contribution is -2.21. The first kappa shape index (κ1) is 18.3. The van der Waals surface area contributed by atoms with Crippen molar-refractivity contribution in [3.8, 4) is 17.6 Å². The lowest BCUT2D eigenvalue weighted by Gasteiger charge is -2.27. The summed E-state index contributed by atoms with van der Waals surface area (Å²) in [5, 5.41) is 20.1. The third kappa shape index (κ3) is 3.54. The van der Waals surface area contributed by atoms with Gasteiger partial charge in [0.15, 0.2) is 5.82 Å². The molecule has 0 saturated carbocycles. The quantitative estimate of drug-likeness (QED) is 0.665. The predicted molar refractivity (Wildman–Crippen MR) is 110 cm³/mol. The van der Waals surface area contributed by atoms with E-state index in [1.807, 2.05) is 49.4 Å². The van der Waals surface area contributed by atoms with Crippen LogP contribution in [-0.4, -0.2) is 16.3 Å². The zero-order valence-corrected chi connectivity index (χ0v) is 15.7. The van der Waals surface area contributed by atoms with Crippen molar-refractivity contribution < 1.29 is 9.84 Å². The minimum atomic E-state index is -0.394. The molecule has 1 aromatic heterocycles. The Morgan fingerprint density at radius 1 is 1.21 bits per heavy atom. The van der Waals surface area contributed by atoms with E-state index in [1.54, 1.807) is 18.5 Å². The summed E-state index contributed by atoms with van der Waals surface area (Å²) in [6.07, 6.45) is 3.23. The second-order valence-corrected chi connectivity index (χ2v) is 6.73. The van der Waals surface area contributed by atoms with Gasteiger partial charge in [0.25, 0.3) is 0 Å². The van der Waals surface area contributed by atoms with Crippen LogP contribution in [0.4, 0.5) is 5.82 Å². The molecule has 2 aromatic carbocycles. The van der Waals surface area contributed by atoms with E-state index in [1.165, 1.54) is 6.07 Å². The Hall–Kier alpha value is -4.11. The van der Waals surface area contributed by atoms with Crippen molar-refractivity contribution in [3.05, 3.63) is 94.5 Å². The molecular formula is C23H18N4O2. The number of ether oxygens (including phenoxy) is 1. The minimum absolute atomic E-state index is 0.000160. The molecule has 0 aliphatic carbocycles. The van der Waals surface area contributed by atoms with Gasteiger partial charge in [-0.3, -0.25) is 0 Å². The Morgan fingerprint density at radius 2 is 2.00 bits per heavy atom. The fourth-order valence-electron chi connectivity index (χ4n) is 3.33. The highest BCUT2D eigenvalue weighted by atomic mass is 16.5. The van der Waals surface area contributed by atoms with Crippen LogP contribution in [0.2, 0.25) is 0 Å². The molecule has 1 aliphatic heterocycles. The SMILES string of the molecule is Cc1ccnc(N=Cc2cc3c(cc2O)OC(N)=C(C#N)[C@H]3c2ccccc2)c1. The van der Waals surface area contributed by atoms with E-state index in [4.69, 9.17) is 10.5 Å². The molecule has 0 saturated heterocycles. The highest BCUT2D eigenvalue weighted by Crippen LogP contribution is 2.44. The Labute approximate surface area is 168 Å². The highest BCUT2D eigenvalue weighted by molar-refractivity contribution is 5.86. The van der Waals surface area contributed by atoms with Gasteiger partial charge in [-0.05, 0) is 36.2 Å². The third-order valence-corrected chi connectivity index (χ3v) is 4.73. The molecule has 0 spiro atoms. The van der Waals surface area contributed by atoms with Gasteiger partial charge in [-0.2, -0.15) is 5.26 Å². The van der Waals surface area contributed by atoms with Crippen molar-refractivity contribution in [3.63, 3.8) is 0 Å². The molecule has 0 amide bonds. The fraction of sp³-hybridized carbons (Fsp3) is 0.0870. The number of pyridine rings is 1. The van der Waals surface area contributed by atoms with Crippen molar-refractivity contribution in [2.75, 3.05) is 0 Å². The zero-order valence-electron chi connectivity index (χ0n) is 15.7. The third-order valence-electron chi connectivity index (χ3n) is 4.73. The number of rotatable bonds is 3. The molecule has 6 heteroatoms. The van der Waals surface area contributed by atoms with Crippen LogP contribution in [0, 0.1) is 18.3 Å². The summed E-state index contributed by atoms with van der Waals surface area (Å²) in [7, 11) is 0. The number of aromatic nitrogens is 1. The van der Waals surface area contributed by atoms with Gasteiger partial charge < -0.3 is 15.6 Å². The average molecular weight is 382 g/mol. The molecular weight excluding hydrogens is 364 g/mol. The van der Waals surface area contributed by atoms with Crippen molar-refractivity contribution >= 4 is 12.0 Å². The minimum Gasteiger partial charge on any atom is -0.507 e. The number of nitriles is 1. The molecule has 4 rings (SSSR count). The average Bonchev–Trinajstić information content (AvgIpc) is 2.72. The topological polar surface area (TPSA) is 105 Å². The van der Waals surface area contributed by atoms with Crippen molar-refractivity contribution in [2.24, 2.45) is 10.7 Å². The summed E-state index contributed by atoms with van der Waals surface area (Å²) in [5.74, 6) is 0.604. The smallest absolute Gasteiger partial charge is 0.205 e. The van der Waals surface area contributed by atoms with Crippen LogP contribution >= 0.6 is 0 Å². The standard InChI is InChI=1S/C23H18N4O2/c1-14-7-8-26-21(9-14)27-13-16-10-17-20(11-19(16)28)29-23(25)18(12-24)22(17)15-5-3-2-4-6-15/h2-11,13,22,28H,25H2,1H3/t22-/m0/s1. The van der Waals surface area contributed by atoms with Gasteiger partial charge in [-0.25, -0.2) is 9.98 Å². The van der Waals surface area contributed by atoms with Crippen LogP contribution in [0.3, 0.4) is 0 Å². The molecule has 142 valence electrons. The number of hydrogen-bond donors (Lipinski definition) is 2. The summed E-state index contributed by atoms with van der Waals surface area (Å²) in [6, 6.07) is 18.7. The lowest BCUT2D eigenvalue weighted by atomic mass is 9.83. The van der Waals surface area contributed by atoms with Gasteiger partial charge in [0.1, 0.15) is 23.1 Å². The number of aliphatic imine (C=N–C) groups is 1. The predicted octanol–water partition coefficient (Wildman–Crippen LogP) is 4.06. The van der Waals surface area contributed by atoms with Gasteiger partial charge in [-0.1, -0.05) is 30.3 Å². The number of hydrogen-bond acceptors (Lipinski definition) is 6. The number of fused-ring (bicyclic) bond motifs is 1. The molecule has 2 heterocycles. The van der Waals surface area contributed by atoms with Crippen molar-refractivity contribution in [1.82, 2.24) is 4.98 Å². The maximum Gasteiger partial charge on any atom is 0.205 e. The Kier molecular flexibility index (Phi) is 4.71. The van der Waals surface area contributed by atoms with E-state index in [0.717, 1.165) is 16.7 Å². The Balaban J connectivity index is 1.82. The second-order valence-electron chi connectivity index (χ2n) is 6.73. The Morgan fingerprint density at radius 3 is 2.72 bits per heavy atom. The van der Waals surface area contributed by atoms with E-state index in [2.05, 4.69) is 16.0 Å². The van der Waals surface area contributed by atoms with Gasteiger partial charge in [0.2, 0.25) is 5.88 Å². The van der Waals surface area contributed by atoms with Gasteiger partial charge >= 0.3 is 0 Å². The summed E-state index contributed by atoms with van der Waals surface area (Å²) in [6.45, 7) is 1.96. The monoisotopic (exact) mass is 382 g/mol. The molecule has 29 heavy (non-hydrogen) atoms. The fourth-order valence-corrected chi connectivity index (χ4v) is 3.33. The van der Waals surface area contributed by atoms with Crippen LogP contribution in [-0.2, 0) is 0 Å². The van der Waals surface area contributed by atoms with Crippen LogP contribution < -0.4 is 10.5 Å². The van der Waals surface area contributed by atoms with E-state index >= 15 is 0 Å². The van der Waals surface area contributed by atoms with Crippen LogP contribution in [0.25, 0.3) is 0 Å². The van der Waals surface area contributed by atoms with Crippen LogP contribution in [0.5, 0.6) is 11.5 Å². The summed E-state index contributed by atoms with van der Waals surface area (Å²) < 4.78 is 5.62. The normalized spacial score (nSPS) is 15.7. The molecule has 3 aromatic rings. The lowest BCUT2D eigenvalue weighted by molar-refractivity contribution is 0.388. The maximum absolute atomic E-state index is 10.5. The summed E-state index contributed by atoms with van der Waals surface area (Å²) in [5.41, 5.74) is 9.50. The molecule has 1 aliphatic rings. The van der Waals surface area contributed by atoms with Gasteiger partial charge in [-0.15, -0.1) is 0 Å². The number of aryl methyl sites for hydroxylation is 1. The number of aromatic hydroxyl groups is 1. The molecule has 0 unspecified atom stereocenters. The molecule has 0 bridgehead atoms. The number of phenols is 1. The Bertz CT molecular complexity index is 1180. The first-order chi connectivity index (χ1) is 14.1. The van der Waals surface area contributed by atoms with Gasteiger partial charge in [0.05, 0.1) is 5.92 Å². The number of nitrogens with zero attached hydrogens (tertiary/aromatic N) is 3. The maximum atomic E-state index is 10.5. The van der Waals surface area contributed by atoms with Gasteiger partial charge in [0, 0.05) is 29.6 Å². The van der Waals surface area contributed by atoms with E-state index in [0.29, 0.717) is 22.7 Å². The number of phenolic OH excluding ortho intramolecular Hbond substituents is 1. The zero-order chi connectivity index (χ0) is 20.4. The molecule has 0 radical (unpaired) electrons. The van der Waals surface area contributed by atoms with E-state index < -0.39 is 5.92 Å². The molecule has 1 atom stereocenters. The molecule has 3 N–H and O–H groups in total. The van der Waals surface area contributed by atoms with Crippen molar-refractivity contribution in [1.29, 1.82) is 5.26 Å². The second kappa shape index (κ2) is 7.49. The first-order valence-corrected chi connectivity index (χ1v) is 9.03. The molecule has 0 fully saturated rings. The first-order valence-electron chi connectivity index (χ1n) is 9.03. The van der Waals surface area contributed by atoms with Crippen molar-refractivity contribution in [2.45, 2.75) is 12.8 Å². The van der Waals surface area contributed by atoms with E-state index in [9.17, 15) is 10.4 Å². The van der Waals surface area contributed by atoms with Crippen LogP contribution in [0.1, 0.15) is 28.2 Å². The largest absolute Gasteiger partial charge is 0.507 e. The highest BCUT2D eigenvalue weighted by Gasteiger charge is 2.31.